The van der Waals surface area contributed by atoms with Crippen LogP contribution in [0, 0.1) is 0 Å². The maximum Gasteiger partial charge on any atom is 0.123 e. The van der Waals surface area contributed by atoms with Gasteiger partial charge in [-0.05, 0) is 63.8 Å². The van der Waals surface area contributed by atoms with Crippen molar-refractivity contribution < 1.29 is 18.9 Å². The molecule has 0 N–H and O–H groups in total. The van der Waals surface area contributed by atoms with Crippen LogP contribution < -0.4 is 18.9 Å². The molecular weight excluding hydrogens is 352 g/mol. The second kappa shape index (κ2) is 11.5. The van der Waals surface area contributed by atoms with Gasteiger partial charge in [-0.3, -0.25) is 0 Å². The lowest BCUT2D eigenvalue weighted by Crippen LogP contribution is -2.32. The first kappa shape index (κ1) is 21.9. The van der Waals surface area contributed by atoms with Gasteiger partial charge in [-0.2, -0.15) is 0 Å². The lowest BCUT2D eigenvalue weighted by molar-refractivity contribution is 0.0676. The summed E-state index contributed by atoms with van der Waals surface area (Å²) in [4.78, 5) is 0. The minimum Gasteiger partial charge on any atom is -0.494 e. The molecule has 4 heteroatoms. The van der Waals surface area contributed by atoms with E-state index < -0.39 is 0 Å². The highest BCUT2D eigenvalue weighted by molar-refractivity contribution is 5.34. The van der Waals surface area contributed by atoms with Crippen molar-refractivity contribution in [3.8, 4) is 23.0 Å². The van der Waals surface area contributed by atoms with Crippen LogP contribution in [0.5, 0.6) is 23.0 Å². The number of hydrogen-bond acceptors (Lipinski definition) is 4. The minimum absolute atomic E-state index is 0.236. The molecule has 2 aromatic carbocycles. The maximum absolute atomic E-state index is 6.30. The molecule has 0 bridgehead atoms. The van der Waals surface area contributed by atoms with Crippen LogP contribution in [0.1, 0.15) is 53.4 Å². The van der Waals surface area contributed by atoms with E-state index in [1.54, 1.807) is 0 Å². The third kappa shape index (κ3) is 7.34. The van der Waals surface area contributed by atoms with Crippen LogP contribution in [0.2, 0.25) is 0 Å². The van der Waals surface area contributed by atoms with Gasteiger partial charge >= 0.3 is 0 Å². The van der Waals surface area contributed by atoms with E-state index in [4.69, 9.17) is 18.9 Å². The van der Waals surface area contributed by atoms with Crippen molar-refractivity contribution in [2.45, 2.75) is 59.0 Å². The second-order valence-electron chi connectivity index (χ2n) is 7.09. The molecule has 1 atom stereocenters. The summed E-state index contributed by atoms with van der Waals surface area (Å²) in [6.07, 6.45) is 3.74. The molecular formula is C24H34O4. The Morgan fingerprint density at radius 2 is 1.32 bits per heavy atom. The van der Waals surface area contributed by atoms with Gasteiger partial charge in [-0.1, -0.05) is 26.0 Å². The van der Waals surface area contributed by atoms with Gasteiger partial charge in [-0.25, -0.2) is 0 Å². The van der Waals surface area contributed by atoms with Crippen LogP contribution in [-0.4, -0.2) is 25.4 Å². The zero-order valence-electron chi connectivity index (χ0n) is 17.7. The molecule has 0 saturated heterocycles. The molecule has 2 rings (SSSR count). The Morgan fingerprint density at radius 1 is 0.750 bits per heavy atom. The summed E-state index contributed by atoms with van der Waals surface area (Å²) in [7, 11) is 0. The Labute approximate surface area is 169 Å². The minimum atomic E-state index is -0.236. The molecule has 0 aliphatic heterocycles. The monoisotopic (exact) mass is 386 g/mol. The molecule has 0 fully saturated rings. The predicted molar refractivity (Wildman–Crippen MR) is 114 cm³/mol. The van der Waals surface area contributed by atoms with Crippen LogP contribution in [0.15, 0.2) is 48.5 Å². The molecule has 0 heterocycles. The normalized spacial score (nSPS) is 12.9. The van der Waals surface area contributed by atoms with Crippen LogP contribution >= 0.6 is 0 Å². The Morgan fingerprint density at radius 3 is 1.93 bits per heavy atom. The van der Waals surface area contributed by atoms with Crippen molar-refractivity contribution in [3.63, 3.8) is 0 Å². The van der Waals surface area contributed by atoms with E-state index in [0.717, 1.165) is 55.3 Å². The van der Waals surface area contributed by atoms with E-state index in [2.05, 4.69) is 20.8 Å². The third-order valence-electron chi connectivity index (χ3n) is 4.63. The summed E-state index contributed by atoms with van der Waals surface area (Å²) in [6, 6.07) is 15.7. The van der Waals surface area contributed by atoms with Crippen LogP contribution in [-0.2, 0) is 0 Å². The van der Waals surface area contributed by atoms with E-state index in [0.29, 0.717) is 13.2 Å². The average molecular weight is 387 g/mol. The highest BCUT2D eigenvalue weighted by Gasteiger charge is 2.24. The van der Waals surface area contributed by atoms with Crippen LogP contribution in [0.25, 0.3) is 0 Å². The molecule has 0 aliphatic carbocycles. The van der Waals surface area contributed by atoms with Crippen molar-refractivity contribution in [1.82, 2.24) is 0 Å². The molecule has 0 radical (unpaired) electrons. The summed E-state index contributed by atoms with van der Waals surface area (Å²) in [5.74, 6) is 3.39. The molecule has 0 spiro atoms. The summed E-state index contributed by atoms with van der Waals surface area (Å²) >= 11 is 0. The Hall–Kier alpha value is -2.36. The summed E-state index contributed by atoms with van der Waals surface area (Å²) in [5, 5.41) is 0. The summed E-state index contributed by atoms with van der Waals surface area (Å²) < 4.78 is 23.4. The number of rotatable bonds is 13. The number of ether oxygens (including phenoxy) is 4. The van der Waals surface area contributed by atoms with Gasteiger partial charge in [0.15, 0.2) is 0 Å². The molecule has 154 valence electrons. The summed E-state index contributed by atoms with van der Waals surface area (Å²) in [5.41, 5.74) is -0.236. The third-order valence-corrected chi connectivity index (χ3v) is 4.63. The highest BCUT2D eigenvalue weighted by Crippen LogP contribution is 2.28. The van der Waals surface area contributed by atoms with Gasteiger partial charge < -0.3 is 18.9 Å². The lowest BCUT2D eigenvalue weighted by Gasteiger charge is -2.30. The lowest BCUT2D eigenvalue weighted by atomic mass is 9.97. The fourth-order valence-electron chi connectivity index (χ4n) is 2.89. The zero-order valence-corrected chi connectivity index (χ0v) is 17.7. The van der Waals surface area contributed by atoms with Crippen molar-refractivity contribution in [1.29, 1.82) is 0 Å². The van der Waals surface area contributed by atoms with Crippen molar-refractivity contribution in [2.24, 2.45) is 0 Å². The van der Waals surface area contributed by atoms with Crippen LogP contribution in [0.3, 0.4) is 0 Å². The van der Waals surface area contributed by atoms with E-state index >= 15 is 0 Å². The van der Waals surface area contributed by atoms with E-state index in [9.17, 15) is 0 Å². The fraction of sp³-hybridized carbons (Fsp3) is 0.500. The predicted octanol–water partition coefficient (Wildman–Crippen LogP) is 6.28. The molecule has 0 aromatic heterocycles. The molecule has 4 nitrogen and oxygen atoms in total. The molecule has 28 heavy (non-hydrogen) atoms. The number of hydrogen-bond donors (Lipinski definition) is 0. The van der Waals surface area contributed by atoms with Crippen molar-refractivity contribution in [3.05, 3.63) is 48.5 Å². The van der Waals surface area contributed by atoms with Gasteiger partial charge in [0.1, 0.15) is 28.6 Å². The highest BCUT2D eigenvalue weighted by atomic mass is 16.5. The topological polar surface area (TPSA) is 36.9 Å². The van der Waals surface area contributed by atoms with Gasteiger partial charge in [0.05, 0.1) is 19.8 Å². The zero-order chi connectivity index (χ0) is 20.2. The Bertz CT molecular complexity index is 701. The molecule has 0 amide bonds. The van der Waals surface area contributed by atoms with E-state index in [1.165, 1.54) is 0 Å². The fourth-order valence-corrected chi connectivity index (χ4v) is 2.89. The van der Waals surface area contributed by atoms with Crippen LogP contribution in [0.4, 0.5) is 0 Å². The first-order chi connectivity index (χ1) is 13.6. The smallest absolute Gasteiger partial charge is 0.123 e. The van der Waals surface area contributed by atoms with Gasteiger partial charge in [0.2, 0.25) is 0 Å². The number of benzene rings is 2. The van der Waals surface area contributed by atoms with Gasteiger partial charge in [-0.15, -0.1) is 0 Å². The largest absolute Gasteiger partial charge is 0.494 e. The standard InChI is InChI=1S/C24H34O4/c1-5-16-26-21-12-8-13-22(18-21)27-17-10-15-24(4,6-2)28-23-14-9-11-20(19-23)25-7-3/h8-9,11-14,18-19H,5-7,10,15-17H2,1-4H3. The van der Waals surface area contributed by atoms with Crippen molar-refractivity contribution in [2.75, 3.05) is 19.8 Å². The van der Waals surface area contributed by atoms with Gasteiger partial charge in [0, 0.05) is 12.1 Å². The van der Waals surface area contributed by atoms with Crippen molar-refractivity contribution >= 4 is 0 Å². The quantitative estimate of drug-likeness (QED) is 0.380. The molecule has 0 saturated carbocycles. The summed E-state index contributed by atoms with van der Waals surface area (Å²) in [6.45, 7) is 10.4. The maximum atomic E-state index is 6.30. The first-order valence-corrected chi connectivity index (χ1v) is 10.4. The first-order valence-electron chi connectivity index (χ1n) is 10.4. The molecule has 1 unspecified atom stereocenters. The molecule has 2 aromatic rings. The van der Waals surface area contributed by atoms with E-state index in [-0.39, 0.29) is 5.60 Å². The SMILES string of the molecule is CCCOc1cccc(OCCCC(C)(CC)Oc2cccc(OCC)c2)c1. The Balaban J connectivity index is 1.83. The Kier molecular flexibility index (Phi) is 8.99. The van der Waals surface area contributed by atoms with Gasteiger partial charge in [0.25, 0.3) is 0 Å². The molecule has 0 aliphatic rings. The average Bonchev–Trinajstić information content (AvgIpc) is 2.70. The van der Waals surface area contributed by atoms with E-state index in [1.807, 2.05) is 55.5 Å². The second-order valence-corrected chi connectivity index (χ2v) is 7.09.